The zero-order chi connectivity index (χ0) is 40.7. The van der Waals surface area contributed by atoms with Crippen molar-refractivity contribution in [3.05, 3.63) is 206 Å². The molecular formula is C57H34N4O. The summed E-state index contributed by atoms with van der Waals surface area (Å²) < 4.78 is 9.28. The Kier molecular flexibility index (Phi) is 7.54. The molecule has 0 amide bonds. The van der Waals surface area contributed by atoms with Crippen LogP contribution in [0.5, 0.6) is 0 Å². The van der Waals surface area contributed by atoms with Crippen LogP contribution in [0.2, 0.25) is 0 Å². The summed E-state index contributed by atoms with van der Waals surface area (Å²) in [4.78, 5) is 15.6. The van der Waals surface area contributed by atoms with Gasteiger partial charge in [-0.1, -0.05) is 164 Å². The first-order valence-corrected chi connectivity index (χ1v) is 20.9. The van der Waals surface area contributed by atoms with E-state index in [1.165, 1.54) is 37.7 Å². The van der Waals surface area contributed by atoms with Gasteiger partial charge in [0.2, 0.25) is 0 Å². The average molecular weight is 791 g/mol. The van der Waals surface area contributed by atoms with E-state index in [1.54, 1.807) is 0 Å². The van der Waals surface area contributed by atoms with Crippen molar-refractivity contribution in [3.8, 4) is 51.0 Å². The average Bonchev–Trinajstić information content (AvgIpc) is 3.87. The maximum Gasteiger partial charge on any atom is 0.164 e. The molecule has 5 heteroatoms. The Labute approximate surface area is 355 Å². The minimum absolute atomic E-state index is 0.583. The molecule has 0 aliphatic heterocycles. The minimum atomic E-state index is 0.583. The molecule has 13 aromatic rings. The Morgan fingerprint density at radius 3 is 1.76 bits per heavy atom. The molecule has 62 heavy (non-hydrogen) atoms. The highest BCUT2D eigenvalue weighted by molar-refractivity contribution is 6.17. The summed E-state index contributed by atoms with van der Waals surface area (Å²) in [5.41, 5.74) is 9.81. The molecule has 0 fully saturated rings. The van der Waals surface area contributed by atoms with Crippen molar-refractivity contribution >= 4 is 76.1 Å². The van der Waals surface area contributed by atoms with E-state index in [9.17, 15) is 0 Å². The fraction of sp³-hybridized carbons (Fsp3) is 0. The number of benzene rings is 10. The Morgan fingerprint density at radius 1 is 0.323 bits per heavy atom. The number of rotatable bonds is 5. The standard InChI is InChI=1S/C57H34N4O/c1-3-14-35(15-4-1)46-33-48-53(34-51(46)61-49-24-12-11-22-43(49)47-30-39-19-7-8-20-40(39)32-50(47)61)62-52-25-13-23-44(54(48)52)57-59-55(38-17-5-2-6-18-38)58-56(60-57)41-29-28-37-27-26-36-16-9-10-21-42(36)45(37)31-41/h1-34H. The zero-order valence-electron chi connectivity index (χ0n) is 33.3. The predicted molar refractivity (Wildman–Crippen MR) is 256 cm³/mol. The summed E-state index contributed by atoms with van der Waals surface area (Å²) in [6.07, 6.45) is 0. The van der Waals surface area contributed by atoms with E-state index >= 15 is 0 Å². The Bertz CT molecular complexity index is 3920. The SMILES string of the molecule is c1ccc(-c2nc(-c3ccc4ccc5ccccc5c4c3)nc(-c3cccc4oc5cc(-n6c7ccccc7c7cc8ccccc8cc76)c(-c6ccccc6)cc5c34)n2)cc1. The summed E-state index contributed by atoms with van der Waals surface area (Å²) in [5.74, 6) is 1.80. The van der Waals surface area contributed by atoms with Gasteiger partial charge in [-0.2, -0.15) is 0 Å². The van der Waals surface area contributed by atoms with Crippen molar-refractivity contribution < 1.29 is 4.42 Å². The second-order valence-electron chi connectivity index (χ2n) is 16.0. The van der Waals surface area contributed by atoms with Crippen LogP contribution in [-0.2, 0) is 0 Å². The molecule has 13 rings (SSSR count). The van der Waals surface area contributed by atoms with E-state index in [-0.39, 0.29) is 0 Å². The number of hydrogen-bond acceptors (Lipinski definition) is 4. The quantitative estimate of drug-likeness (QED) is 0.163. The highest BCUT2D eigenvalue weighted by atomic mass is 16.3. The number of furan rings is 1. The molecule has 288 valence electrons. The molecule has 0 saturated heterocycles. The van der Waals surface area contributed by atoms with Gasteiger partial charge in [-0.25, -0.2) is 15.0 Å². The largest absolute Gasteiger partial charge is 0.456 e. The lowest BCUT2D eigenvalue weighted by molar-refractivity contribution is 0.668. The Morgan fingerprint density at radius 2 is 0.952 bits per heavy atom. The van der Waals surface area contributed by atoms with Gasteiger partial charge in [0.25, 0.3) is 0 Å². The topological polar surface area (TPSA) is 56.7 Å². The van der Waals surface area contributed by atoms with Gasteiger partial charge in [0.1, 0.15) is 11.2 Å². The first-order chi connectivity index (χ1) is 30.7. The lowest BCUT2D eigenvalue weighted by atomic mass is 9.98. The van der Waals surface area contributed by atoms with E-state index in [0.29, 0.717) is 17.5 Å². The van der Waals surface area contributed by atoms with Crippen LogP contribution < -0.4 is 0 Å². The molecule has 5 nitrogen and oxygen atoms in total. The first kappa shape index (κ1) is 34.5. The molecule has 0 atom stereocenters. The van der Waals surface area contributed by atoms with Crippen LogP contribution in [0, 0.1) is 0 Å². The second kappa shape index (κ2) is 13.6. The van der Waals surface area contributed by atoms with Crippen LogP contribution in [-0.4, -0.2) is 19.5 Å². The first-order valence-electron chi connectivity index (χ1n) is 20.9. The molecule has 0 saturated carbocycles. The van der Waals surface area contributed by atoms with E-state index < -0.39 is 0 Å². The van der Waals surface area contributed by atoms with Gasteiger partial charge < -0.3 is 8.98 Å². The highest BCUT2D eigenvalue weighted by Crippen LogP contribution is 2.44. The number of hydrogen-bond donors (Lipinski definition) is 0. The van der Waals surface area contributed by atoms with Gasteiger partial charge in [-0.15, -0.1) is 0 Å². The van der Waals surface area contributed by atoms with Gasteiger partial charge in [0, 0.05) is 49.9 Å². The lowest BCUT2D eigenvalue weighted by Gasteiger charge is -2.15. The molecule has 0 aliphatic carbocycles. The van der Waals surface area contributed by atoms with Gasteiger partial charge in [0.15, 0.2) is 17.5 Å². The van der Waals surface area contributed by atoms with E-state index in [4.69, 9.17) is 19.4 Å². The van der Waals surface area contributed by atoms with Crippen LogP contribution >= 0.6 is 0 Å². The normalized spacial score (nSPS) is 11.9. The van der Waals surface area contributed by atoms with Crippen LogP contribution in [0.1, 0.15) is 0 Å². The molecule has 0 spiro atoms. The lowest BCUT2D eigenvalue weighted by Crippen LogP contribution is -2.00. The molecule has 0 unspecified atom stereocenters. The molecule has 0 bridgehead atoms. The maximum atomic E-state index is 6.87. The maximum absolute atomic E-state index is 6.87. The summed E-state index contributed by atoms with van der Waals surface area (Å²) in [5, 5.41) is 11.5. The number of para-hydroxylation sites is 1. The van der Waals surface area contributed by atoms with Crippen molar-refractivity contribution in [2.75, 3.05) is 0 Å². The second-order valence-corrected chi connectivity index (χ2v) is 16.0. The van der Waals surface area contributed by atoms with E-state index in [2.05, 4.69) is 180 Å². The van der Waals surface area contributed by atoms with E-state index in [0.717, 1.165) is 71.9 Å². The zero-order valence-corrected chi connectivity index (χ0v) is 33.3. The van der Waals surface area contributed by atoms with E-state index in [1.807, 2.05) is 30.3 Å². The fourth-order valence-corrected chi connectivity index (χ4v) is 9.48. The van der Waals surface area contributed by atoms with Crippen molar-refractivity contribution in [2.45, 2.75) is 0 Å². The Balaban J connectivity index is 1.07. The van der Waals surface area contributed by atoms with Crippen LogP contribution in [0.3, 0.4) is 0 Å². The van der Waals surface area contributed by atoms with Gasteiger partial charge in [-0.3, -0.25) is 0 Å². The Hall–Kier alpha value is -8.41. The van der Waals surface area contributed by atoms with Crippen molar-refractivity contribution in [2.24, 2.45) is 0 Å². The predicted octanol–water partition coefficient (Wildman–Crippen LogP) is 15.0. The summed E-state index contributed by atoms with van der Waals surface area (Å²) in [6.45, 7) is 0. The monoisotopic (exact) mass is 790 g/mol. The minimum Gasteiger partial charge on any atom is -0.456 e. The third-order valence-electron chi connectivity index (χ3n) is 12.4. The van der Waals surface area contributed by atoms with Crippen LogP contribution in [0.25, 0.3) is 127 Å². The van der Waals surface area contributed by atoms with Gasteiger partial charge >= 0.3 is 0 Å². The smallest absolute Gasteiger partial charge is 0.164 e. The highest BCUT2D eigenvalue weighted by Gasteiger charge is 2.22. The van der Waals surface area contributed by atoms with Gasteiger partial charge in [-0.05, 0) is 74.3 Å². The number of nitrogens with zero attached hydrogens (tertiary/aromatic N) is 4. The van der Waals surface area contributed by atoms with Gasteiger partial charge in [0.05, 0.1) is 16.7 Å². The molecule has 3 aromatic heterocycles. The van der Waals surface area contributed by atoms with Crippen molar-refractivity contribution in [1.29, 1.82) is 0 Å². The number of fused-ring (bicyclic) bond motifs is 10. The molecule has 3 heterocycles. The third kappa shape index (κ3) is 5.38. The third-order valence-corrected chi connectivity index (χ3v) is 12.4. The van der Waals surface area contributed by atoms with Crippen molar-refractivity contribution in [1.82, 2.24) is 19.5 Å². The summed E-state index contributed by atoms with van der Waals surface area (Å²) in [7, 11) is 0. The molecule has 0 N–H and O–H groups in total. The van der Waals surface area contributed by atoms with Crippen LogP contribution in [0.15, 0.2) is 211 Å². The molecule has 0 radical (unpaired) electrons. The summed E-state index contributed by atoms with van der Waals surface area (Å²) >= 11 is 0. The molecule has 0 aliphatic rings. The van der Waals surface area contributed by atoms with Crippen molar-refractivity contribution in [3.63, 3.8) is 0 Å². The summed E-state index contributed by atoms with van der Waals surface area (Å²) in [6, 6.07) is 72.8. The molecular weight excluding hydrogens is 757 g/mol. The van der Waals surface area contributed by atoms with Crippen LogP contribution in [0.4, 0.5) is 0 Å². The fourth-order valence-electron chi connectivity index (χ4n) is 9.48. The number of aromatic nitrogens is 4. The molecule has 10 aromatic carbocycles.